The second kappa shape index (κ2) is 9.12. The van der Waals surface area contributed by atoms with E-state index in [0.717, 1.165) is 25.0 Å². The van der Waals surface area contributed by atoms with Gasteiger partial charge < -0.3 is 5.32 Å². The van der Waals surface area contributed by atoms with Crippen LogP contribution in [0.15, 0.2) is 34.1 Å². The number of nitrogens with one attached hydrogen (secondary N) is 1. The second-order valence-corrected chi connectivity index (χ2v) is 7.49. The molecule has 1 fully saturated rings. The number of hydrogen-bond acceptors (Lipinski definition) is 4. The van der Waals surface area contributed by atoms with Gasteiger partial charge in [-0.3, -0.25) is 4.79 Å². The van der Waals surface area contributed by atoms with Crippen LogP contribution < -0.4 is 5.32 Å². The minimum absolute atomic E-state index is 0.0598. The highest BCUT2D eigenvalue weighted by molar-refractivity contribution is 7.99. The van der Waals surface area contributed by atoms with Gasteiger partial charge in [0.05, 0.1) is 6.07 Å². The molecule has 2 atom stereocenters. The summed E-state index contributed by atoms with van der Waals surface area (Å²) in [6.07, 6.45) is 6.47. The first-order valence-electron chi connectivity index (χ1n) is 7.66. The Hall–Kier alpha value is -1.12. The van der Waals surface area contributed by atoms with Crippen LogP contribution in [0, 0.1) is 23.2 Å². The van der Waals surface area contributed by atoms with E-state index in [1.54, 1.807) is 11.8 Å². The number of hydrogen-bond donors (Lipinski definition) is 1. The summed E-state index contributed by atoms with van der Waals surface area (Å²) < 4.78 is 0. The lowest BCUT2D eigenvalue weighted by atomic mass is 9.80. The summed E-state index contributed by atoms with van der Waals surface area (Å²) in [4.78, 5) is 14.7. The maximum absolute atomic E-state index is 12.2. The highest BCUT2D eigenvalue weighted by Crippen LogP contribution is 2.35. The third kappa shape index (κ3) is 4.96. The molecule has 0 unspecified atom stereocenters. The lowest BCUT2D eigenvalue weighted by molar-refractivity contribution is -0.127. The maximum Gasteiger partial charge on any atom is 0.224 e. The van der Waals surface area contributed by atoms with Gasteiger partial charge >= 0.3 is 0 Å². The number of nitriles is 1. The maximum atomic E-state index is 12.2. The van der Waals surface area contributed by atoms with Crippen molar-refractivity contribution in [3.63, 3.8) is 0 Å². The third-order valence-corrected chi connectivity index (χ3v) is 6.05. The molecular formula is C17H22N2OS2. The molecule has 0 radical (unpaired) electrons. The molecule has 1 N–H and O–H groups in total. The minimum Gasteiger partial charge on any atom is -0.343 e. The smallest absolute Gasteiger partial charge is 0.224 e. The molecule has 0 aliphatic heterocycles. The van der Waals surface area contributed by atoms with Crippen LogP contribution in [-0.2, 0) is 4.79 Å². The van der Waals surface area contributed by atoms with Gasteiger partial charge in [-0.25, -0.2) is 0 Å². The molecule has 1 aliphatic rings. The average molecular weight is 335 g/mol. The van der Waals surface area contributed by atoms with Crippen molar-refractivity contribution >= 4 is 29.4 Å². The van der Waals surface area contributed by atoms with Crippen molar-refractivity contribution in [2.45, 2.75) is 35.5 Å². The fraction of sp³-hybridized carbons (Fsp3) is 0.529. The van der Waals surface area contributed by atoms with Crippen molar-refractivity contribution < 1.29 is 4.79 Å². The quantitative estimate of drug-likeness (QED) is 0.632. The van der Waals surface area contributed by atoms with E-state index in [-0.39, 0.29) is 18.4 Å². The topological polar surface area (TPSA) is 52.9 Å². The van der Waals surface area contributed by atoms with E-state index >= 15 is 0 Å². The van der Waals surface area contributed by atoms with Gasteiger partial charge in [0.2, 0.25) is 5.91 Å². The van der Waals surface area contributed by atoms with E-state index in [2.05, 4.69) is 35.8 Å². The molecule has 1 amide bonds. The van der Waals surface area contributed by atoms with Crippen LogP contribution in [0.25, 0.3) is 0 Å². The van der Waals surface area contributed by atoms with E-state index in [9.17, 15) is 4.79 Å². The molecule has 22 heavy (non-hydrogen) atoms. The Morgan fingerprint density at radius 2 is 1.95 bits per heavy atom. The van der Waals surface area contributed by atoms with Gasteiger partial charge in [0.1, 0.15) is 6.54 Å². The van der Waals surface area contributed by atoms with E-state index < -0.39 is 0 Å². The summed E-state index contributed by atoms with van der Waals surface area (Å²) in [5, 5.41) is 11.3. The molecular weight excluding hydrogens is 312 g/mol. The van der Waals surface area contributed by atoms with Crippen molar-refractivity contribution in [3.05, 3.63) is 24.3 Å². The minimum atomic E-state index is 0.0598. The molecule has 1 saturated carbocycles. The Morgan fingerprint density at radius 3 is 2.64 bits per heavy atom. The fourth-order valence-corrected chi connectivity index (χ4v) is 4.43. The van der Waals surface area contributed by atoms with Crippen molar-refractivity contribution in [3.8, 4) is 6.07 Å². The van der Waals surface area contributed by atoms with Crippen LogP contribution in [0.4, 0.5) is 0 Å². The third-order valence-electron chi connectivity index (χ3n) is 4.11. The molecule has 0 aromatic heterocycles. The molecule has 1 aromatic carbocycles. The monoisotopic (exact) mass is 334 g/mol. The SMILES string of the molecule is CSc1ccc(SC[C@@H]2CCCC[C@H]2C(=O)NCC#N)cc1. The fourth-order valence-electron chi connectivity index (χ4n) is 2.89. The van der Waals surface area contributed by atoms with Crippen molar-refractivity contribution in [1.82, 2.24) is 5.32 Å². The first-order chi connectivity index (χ1) is 10.7. The Kier molecular flexibility index (Phi) is 7.14. The molecule has 0 heterocycles. The summed E-state index contributed by atoms with van der Waals surface area (Å²) in [7, 11) is 0. The van der Waals surface area contributed by atoms with E-state index in [1.807, 2.05) is 17.8 Å². The van der Waals surface area contributed by atoms with Crippen LogP contribution in [-0.4, -0.2) is 24.5 Å². The number of nitrogens with zero attached hydrogens (tertiary/aromatic N) is 1. The zero-order valence-electron chi connectivity index (χ0n) is 12.9. The zero-order chi connectivity index (χ0) is 15.8. The van der Waals surface area contributed by atoms with Gasteiger partial charge in [-0.15, -0.1) is 23.5 Å². The zero-order valence-corrected chi connectivity index (χ0v) is 14.5. The highest BCUT2D eigenvalue weighted by Gasteiger charge is 2.30. The molecule has 3 nitrogen and oxygen atoms in total. The summed E-state index contributed by atoms with van der Waals surface area (Å²) in [5.41, 5.74) is 0. The number of carbonyl (C=O) groups is 1. The Morgan fingerprint density at radius 1 is 1.27 bits per heavy atom. The predicted molar refractivity (Wildman–Crippen MR) is 93.0 cm³/mol. The average Bonchev–Trinajstić information content (AvgIpc) is 2.58. The Balaban J connectivity index is 1.90. The molecule has 0 saturated heterocycles. The van der Waals surface area contributed by atoms with Gasteiger partial charge in [0.25, 0.3) is 0 Å². The Bertz CT molecular complexity index is 524. The summed E-state index contributed by atoms with van der Waals surface area (Å²) in [6.45, 7) is 0.116. The summed E-state index contributed by atoms with van der Waals surface area (Å²) in [5.74, 6) is 1.52. The van der Waals surface area contributed by atoms with Gasteiger partial charge in [0.15, 0.2) is 0 Å². The molecule has 0 spiro atoms. The standard InChI is InChI=1S/C17H22N2OS2/c1-21-14-6-8-15(9-7-14)22-12-13-4-2-3-5-16(13)17(20)19-11-10-18/h6-9,13,16H,2-5,11-12H2,1H3,(H,19,20)/t13-,16+/m0/s1. The summed E-state index contributed by atoms with van der Waals surface area (Å²) in [6, 6.07) is 10.6. The van der Waals surface area contributed by atoms with Crippen molar-refractivity contribution in [2.24, 2.45) is 11.8 Å². The van der Waals surface area contributed by atoms with Gasteiger partial charge in [0, 0.05) is 21.5 Å². The normalized spacial score (nSPS) is 21.1. The molecule has 2 rings (SSSR count). The van der Waals surface area contributed by atoms with Crippen molar-refractivity contribution in [2.75, 3.05) is 18.6 Å². The van der Waals surface area contributed by atoms with Gasteiger partial charge in [-0.1, -0.05) is 12.8 Å². The molecule has 1 aliphatic carbocycles. The van der Waals surface area contributed by atoms with E-state index in [1.165, 1.54) is 16.2 Å². The molecule has 1 aromatic rings. The molecule has 118 valence electrons. The van der Waals surface area contributed by atoms with Gasteiger partial charge in [-0.05, 0) is 49.3 Å². The van der Waals surface area contributed by atoms with Crippen LogP contribution in [0.3, 0.4) is 0 Å². The first-order valence-corrected chi connectivity index (χ1v) is 9.87. The molecule has 0 bridgehead atoms. The van der Waals surface area contributed by atoms with Crippen molar-refractivity contribution in [1.29, 1.82) is 5.26 Å². The van der Waals surface area contributed by atoms with E-state index in [4.69, 9.17) is 5.26 Å². The van der Waals surface area contributed by atoms with Crippen LogP contribution >= 0.6 is 23.5 Å². The Labute approximate surface area is 141 Å². The molecule has 5 heteroatoms. The lowest BCUT2D eigenvalue weighted by Crippen LogP contribution is -2.37. The lowest BCUT2D eigenvalue weighted by Gasteiger charge is -2.30. The number of carbonyl (C=O) groups excluding carboxylic acids is 1. The first kappa shape index (κ1) is 17.2. The number of benzene rings is 1. The van der Waals surface area contributed by atoms with E-state index in [0.29, 0.717) is 5.92 Å². The largest absolute Gasteiger partial charge is 0.343 e. The van der Waals surface area contributed by atoms with Crippen LogP contribution in [0.2, 0.25) is 0 Å². The summed E-state index contributed by atoms with van der Waals surface area (Å²) >= 11 is 3.58. The highest BCUT2D eigenvalue weighted by atomic mass is 32.2. The second-order valence-electron chi connectivity index (χ2n) is 5.51. The predicted octanol–water partition coefficient (Wildman–Crippen LogP) is 3.95. The number of rotatable bonds is 6. The van der Waals surface area contributed by atoms with Crippen LogP contribution in [0.1, 0.15) is 25.7 Å². The van der Waals surface area contributed by atoms with Gasteiger partial charge in [-0.2, -0.15) is 5.26 Å². The number of thioether (sulfide) groups is 2. The number of amides is 1. The van der Waals surface area contributed by atoms with Crippen LogP contribution in [0.5, 0.6) is 0 Å².